The zero-order valence-corrected chi connectivity index (χ0v) is 43.0. The van der Waals surface area contributed by atoms with Crippen molar-refractivity contribution in [2.75, 3.05) is 4.90 Å². The van der Waals surface area contributed by atoms with E-state index in [-0.39, 0.29) is 0 Å². The molecule has 2 aliphatic heterocycles. The molecule has 4 aliphatic rings. The second kappa shape index (κ2) is 16.4. The fourth-order valence-corrected chi connectivity index (χ4v) is 15.1. The molecule has 4 heteroatoms. The number of ether oxygens (including phenoxy) is 2. The van der Waals surface area contributed by atoms with E-state index >= 15 is 0 Å². The Morgan fingerprint density at radius 3 is 1.36 bits per heavy atom. The van der Waals surface area contributed by atoms with Crippen LogP contribution in [-0.4, -0.2) is 0 Å². The van der Waals surface area contributed by atoms with E-state index in [4.69, 9.17) is 9.47 Å². The van der Waals surface area contributed by atoms with E-state index in [0.29, 0.717) is 0 Å². The molecule has 3 nitrogen and oxygen atoms in total. The zero-order valence-electron chi connectivity index (χ0n) is 42.2. The first kappa shape index (κ1) is 43.5. The summed E-state index contributed by atoms with van der Waals surface area (Å²) in [7, 11) is 0. The third-order valence-electron chi connectivity index (χ3n) is 17.2. The van der Waals surface area contributed by atoms with Crippen molar-refractivity contribution in [3.63, 3.8) is 0 Å². The largest absolute Gasteiger partial charge is 0.457 e. The monoisotopic (exact) mass is 1010 g/mol. The number of rotatable bonds is 5. The number of anilines is 3. The summed E-state index contributed by atoms with van der Waals surface area (Å²) in [6.07, 6.45) is 0. The molecule has 0 saturated carbocycles. The lowest BCUT2D eigenvalue weighted by molar-refractivity contribution is 0.436. The van der Waals surface area contributed by atoms with Crippen molar-refractivity contribution >= 4 is 48.6 Å². The Balaban J connectivity index is 0.847. The molecule has 364 valence electrons. The highest BCUT2D eigenvalue weighted by Crippen LogP contribution is 2.64. The minimum atomic E-state index is -0.612. The van der Waals surface area contributed by atoms with Crippen LogP contribution in [0.25, 0.3) is 64.7 Å². The number of thiophene rings is 1. The molecular weight excluding hydrogens is 967 g/mol. The normalized spacial score (nSPS) is 14.1. The molecule has 0 bridgehead atoms. The molecular formula is C74H45NO2S. The Morgan fingerprint density at radius 1 is 0.256 bits per heavy atom. The fraction of sp³-hybridized carbons (Fsp3) is 0.0270. The number of hydrogen-bond donors (Lipinski definition) is 0. The molecule has 78 heavy (non-hydrogen) atoms. The summed E-state index contributed by atoms with van der Waals surface area (Å²) in [5.41, 5.74) is 21.4. The third-order valence-corrected chi connectivity index (χ3v) is 18.3. The number of para-hydroxylation sites is 4. The SMILES string of the molecule is c1cc(-c2ccc3c(c2)-c2ccccc2C32c3ccccc3Oc3ccccc32)cc(N(c2ccc(-c3ccc4c(c3)sc3ccccc34)cc2)c2ccc3c(c2)C2(c4ccccc4Oc4ccccc42)c2ccccc2-3)c1. The van der Waals surface area contributed by atoms with Crippen molar-refractivity contribution in [1.29, 1.82) is 0 Å². The van der Waals surface area contributed by atoms with Gasteiger partial charge in [-0.3, -0.25) is 0 Å². The lowest BCUT2D eigenvalue weighted by Crippen LogP contribution is -2.32. The summed E-state index contributed by atoms with van der Waals surface area (Å²) in [6.45, 7) is 0. The molecule has 3 heterocycles. The molecule has 0 N–H and O–H groups in total. The molecule has 0 amide bonds. The maximum Gasteiger partial charge on any atom is 0.132 e. The predicted octanol–water partition coefficient (Wildman–Crippen LogP) is 19.8. The van der Waals surface area contributed by atoms with Crippen LogP contribution >= 0.6 is 11.3 Å². The van der Waals surface area contributed by atoms with Crippen molar-refractivity contribution < 1.29 is 9.47 Å². The maximum absolute atomic E-state index is 6.75. The lowest BCUT2D eigenvalue weighted by Gasteiger charge is -2.39. The molecule has 0 saturated heterocycles. The summed E-state index contributed by atoms with van der Waals surface area (Å²) in [6, 6.07) is 100. The Morgan fingerprint density at radius 2 is 0.705 bits per heavy atom. The highest BCUT2D eigenvalue weighted by Gasteiger charge is 2.52. The number of hydrogen-bond acceptors (Lipinski definition) is 4. The van der Waals surface area contributed by atoms with Crippen molar-refractivity contribution in [3.05, 3.63) is 317 Å². The topological polar surface area (TPSA) is 21.7 Å². The van der Waals surface area contributed by atoms with Gasteiger partial charge in [0.2, 0.25) is 0 Å². The molecule has 0 atom stereocenters. The Bertz CT molecular complexity index is 4570. The highest BCUT2D eigenvalue weighted by molar-refractivity contribution is 7.25. The zero-order chi connectivity index (χ0) is 51.1. The number of benzene rings is 12. The van der Waals surface area contributed by atoms with Crippen LogP contribution in [0.5, 0.6) is 23.0 Å². The Kier molecular flexibility index (Phi) is 9.14. The van der Waals surface area contributed by atoms with E-state index in [9.17, 15) is 0 Å². The molecule has 2 spiro atoms. The molecule has 13 aromatic rings. The van der Waals surface area contributed by atoms with E-state index in [1.165, 1.54) is 86.9 Å². The van der Waals surface area contributed by atoms with Crippen LogP contribution in [0.15, 0.2) is 273 Å². The van der Waals surface area contributed by atoms with Gasteiger partial charge in [-0.05, 0) is 146 Å². The quantitative estimate of drug-likeness (QED) is 0.171. The van der Waals surface area contributed by atoms with Crippen molar-refractivity contribution in [2.24, 2.45) is 0 Å². The molecule has 0 radical (unpaired) electrons. The van der Waals surface area contributed by atoms with Gasteiger partial charge in [-0.2, -0.15) is 0 Å². The first-order valence-electron chi connectivity index (χ1n) is 26.8. The van der Waals surface area contributed by atoms with Crippen molar-refractivity contribution in [1.82, 2.24) is 0 Å². The van der Waals surface area contributed by atoms with Crippen LogP contribution in [0.3, 0.4) is 0 Å². The van der Waals surface area contributed by atoms with Gasteiger partial charge in [-0.15, -0.1) is 11.3 Å². The first-order chi connectivity index (χ1) is 38.6. The van der Waals surface area contributed by atoms with Gasteiger partial charge in [-0.1, -0.05) is 194 Å². The Labute approximate surface area is 456 Å². The molecule has 1 aromatic heterocycles. The summed E-state index contributed by atoms with van der Waals surface area (Å²) >= 11 is 1.86. The van der Waals surface area contributed by atoms with Crippen LogP contribution < -0.4 is 14.4 Å². The van der Waals surface area contributed by atoms with Crippen LogP contribution in [-0.2, 0) is 10.8 Å². The average molecular weight is 1010 g/mol. The molecule has 17 rings (SSSR count). The summed E-state index contributed by atoms with van der Waals surface area (Å²) < 4.78 is 16.0. The third kappa shape index (κ3) is 5.92. The summed E-state index contributed by atoms with van der Waals surface area (Å²) in [5, 5.41) is 2.62. The van der Waals surface area contributed by atoms with E-state index in [1.807, 2.05) is 11.3 Å². The van der Waals surface area contributed by atoms with Gasteiger partial charge in [-0.25, -0.2) is 0 Å². The standard InChI is InChI=1S/C74H45NO2S/c1-4-21-59-53(18-1)55-40-38-52(45-66(55)74(59)64-25-8-12-29-69(64)77-70-30-13-9-26-65(70)74)75(50-36-32-46(33-37-50)49-34-39-57-56-20-3-14-31-71(56)78-72(57)44-49)51-17-15-16-47(42-51)48-35-41-61-58(43-48)54-19-2-5-22-60(54)73(61)62-23-6-10-27-67(62)76-68-28-11-7-24-63(68)73/h1-45H. The Hall–Kier alpha value is -9.74. The maximum atomic E-state index is 6.75. The van der Waals surface area contributed by atoms with Gasteiger partial charge in [0, 0.05) is 59.5 Å². The number of nitrogens with zero attached hydrogens (tertiary/aromatic N) is 1. The van der Waals surface area contributed by atoms with Crippen LogP contribution in [0.4, 0.5) is 17.1 Å². The van der Waals surface area contributed by atoms with E-state index < -0.39 is 10.8 Å². The van der Waals surface area contributed by atoms with Gasteiger partial charge >= 0.3 is 0 Å². The van der Waals surface area contributed by atoms with Gasteiger partial charge in [0.15, 0.2) is 0 Å². The van der Waals surface area contributed by atoms with Gasteiger partial charge < -0.3 is 14.4 Å². The number of fused-ring (bicyclic) bond motifs is 21. The minimum absolute atomic E-state index is 0.527. The van der Waals surface area contributed by atoms with E-state index in [2.05, 4.69) is 278 Å². The molecule has 0 fully saturated rings. The summed E-state index contributed by atoms with van der Waals surface area (Å²) in [5.74, 6) is 3.55. The molecule has 0 unspecified atom stereocenters. The van der Waals surface area contributed by atoms with Crippen LogP contribution in [0, 0.1) is 0 Å². The van der Waals surface area contributed by atoms with Crippen LogP contribution in [0.2, 0.25) is 0 Å². The van der Waals surface area contributed by atoms with Crippen molar-refractivity contribution in [2.45, 2.75) is 10.8 Å². The van der Waals surface area contributed by atoms with Gasteiger partial charge in [0.1, 0.15) is 23.0 Å². The minimum Gasteiger partial charge on any atom is -0.457 e. The second-order valence-electron chi connectivity index (χ2n) is 21.0. The molecule has 2 aliphatic carbocycles. The first-order valence-corrected chi connectivity index (χ1v) is 27.6. The highest BCUT2D eigenvalue weighted by atomic mass is 32.1. The fourth-order valence-electron chi connectivity index (χ4n) is 14.0. The van der Waals surface area contributed by atoms with E-state index in [1.54, 1.807) is 0 Å². The predicted molar refractivity (Wildman–Crippen MR) is 320 cm³/mol. The summed E-state index contributed by atoms with van der Waals surface area (Å²) in [4.78, 5) is 2.45. The van der Waals surface area contributed by atoms with Gasteiger partial charge in [0.25, 0.3) is 0 Å². The molecule has 12 aromatic carbocycles. The average Bonchev–Trinajstić information content (AvgIpc) is 4.27. The van der Waals surface area contributed by atoms with E-state index in [0.717, 1.165) is 62.3 Å². The van der Waals surface area contributed by atoms with Crippen LogP contribution in [0.1, 0.15) is 44.5 Å². The smallest absolute Gasteiger partial charge is 0.132 e. The van der Waals surface area contributed by atoms with Gasteiger partial charge in [0.05, 0.1) is 10.8 Å². The lowest BCUT2D eigenvalue weighted by atomic mass is 9.66. The second-order valence-corrected chi connectivity index (χ2v) is 22.1. The van der Waals surface area contributed by atoms with Crippen molar-refractivity contribution in [3.8, 4) is 67.5 Å².